The molecule has 1 saturated carbocycles. The van der Waals surface area contributed by atoms with Crippen LogP contribution in [0.1, 0.15) is 32.1 Å². The van der Waals surface area contributed by atoms with E-state index in [9.17, 15) is 0 Å². The minimum absolute atomic E-state index is 0.532. The van der Waals surface area contributed by atoms with Crippen LogP contribution in [0.15, 0.2) is 24.4 Å². The van der Waals surface area contributed by atoms with Gasteiger partial charge in [0, 0.05) is 17.6 Å². The van der Waals surface area contributed by atoms with Crippen LogP contribution >= 0.6 is 0 Å². The number of rotatable bonds is 4. The van der Waals surface area contributed by atoms with Crippen LogP contribution < -0.4 is 14.8 Å². The Kier molecular flexibility index (Phi) is 4.13. The van der Waals surface area contributed by atoms with Gasteiger partial charge in [0.2, 0.25) is 0 Å². The molecule has 0 spiro atoms. The molecule has 4 heteroatoms. The van der Waals surface area contributed by atoms with Crippen molar-refractivity contribution < 1.29 is 9.47 Å². The molecule has 0 atom stereocenters. The molecule has 4 nitrogen and oxygen atoms in total. The summed E-state index contributed by atoms with van der Waals surface area (Å²) in [5, 5.41) is 5.80. The van der Waals surface area contributed by atoms with Gasteiger partial charge in [-0.3, -0.25) is 0 Å². The van der Waals surface area contributed by atoms with Crippen LogP contribution in [-0.2, 0) is 0 Å². The van der Waals surface area contributed by atoms with Gasteiger partial charge < -0.3 is 14.8 Å². The van der Waals surface area contributed by atoms with Crippen LogP contribution in [0, 0.1) is 0 Å². The minimum atomic E-state index is 0.532. The minimum Gasteiger partial charge on any atom is -0.493 e. The number of hydrogen-bond donors (Lipinski definition) is 1. The average molecular weight is 286 g/mol. The number of nitrogens with one attached hydrogen (secondary N) is 1. The van der Waals surface area contributed by atoms with Gasteiger partial charge in [0.15, 0.2) is 11.5 Å². The van der Waals surface area contributed by atoms with Crippen molar-refractivity contribution in [2.45, 2.75) is 38.1 Å². The smallest absolute Gasteiger partial charge is 0.161 e. The first-order valence-electron chi connectivity index (χ1n) is 7.59. The second-order valence-corrected chi connectivity index (χ2v) is 5.57. The molecule has 1 aliphatic rings. The highest BCUT2D eigenvalue weighted by Crippen LogP contribution is 2.35. The SMILES string of the molecule is COc1cc2ccnc(NC3CCCCC3)c2cc1OC. The van der Waals surface area contributed by atoms with Gasteiger partial charge in [-0.1, -0.05) is 19.3 Å². The maximum atomic E-state index is 5.41. The number of hydrogen-bond acceptors (Lipinski definition) is 4. The van der Waals surface area contributed by atoms with Gasteiger partial charge in [0.25, 0.3) is 0 Å². The Balaban J connectivity index is 1.97. The fourth-order valence-electron chi connectivity index (χ4n) is 3.05. The first kappa shape index (κ1) is 14.0. The number of anilines is 1. The number of ether oxygens (including phenoxy) is 2. The van der Waals surface area contributed by atoms with Crippen molar-refractivity contribution in [3.05, 3.63) is 24.4 Å². The summed E-state index contributed by atoms with van der Waals surface area (Å²) in [7, 11) is 3.32. The molecule has 1 heterocycles. The highest BCUT2D eigenvalue weighted by molar-refractivity contribution is 5.94. The molecule has 0 bridgehead atoms. The average Bonchev–Trinajstić information content (AvgIpc) is 2.55. The van der Waals surface area contributed by atoms with E-state index in [0.29, 0.717) is 6.04 Å². The quantitative estimate of drug-likeness (QED) is 0.922. The van der Waals surface area contributed by atoms with Crippen LogP contribution in [0.5, 0.6) is 11.5 Å². The molecule has 0 saturated heterocycles. The normalized spacial score (nSPS) is 15.9. The lowest BCUT2D eigenvalue weighted by atomic mass is 9.95. The maximum absolute atomic E-state index is 5.41. The predicted octanol–water partition coefficient (Wildman–Crippen LogP) is 4.00. The molecule has 0 amide bonds. The number of methoxy groups -OCH3 is 2. The lowest BCUT2D eigenvalue weighted by Crippen LogP contribution is -2.22. The summed E-state index contributed by atoms with van der Waals surface area (Å²) in [4.78, 5) is 4.52. The summed E-state index contributed by atoms with van der Waals surface area (Å²) >= 11 is 0. The zero-order chi connectivity index (χ0) is 14.7. The van der Waals surface area contributed by atoms with Crippen molar-refractivity contribution >= 4 is 16.6 Å². The van der Waals surface area contributed by atoms with E-state index in [1.807, 2.05) is 24.4 Å². The van der Waals surface area contributed by atoms with Gasteiger partial charge in [0.05, 0.1) is 14.2 Å². The van der Waals surface area contributed by atoms with Crippen LogP contribution in [0.4, 0.5) is 5.82 Å². The van der Waals surface area contributed by atoms with E-state index in [-0.39, 0.29) is 0 Å². The third kappa shape index (κ3) is 2.89. The van der Waals surface area contributed by atoms with E-state index in [0.717, 1.165) is 28.1 Å². The third-order valence-corrected chi connectivity index (χ3v) is 4.21. The van der Waals surface area contributed by atoms with Crippen LogP contribution in [0.2, 0.25) is 0 Å². The lowest BCUT2D eigenvalue weighted by molar-refractivity contribution is 0.356. The molecule has 1 N–H and O–H groups in total. The molecule has 112 valence electrons. The van der Waals surface area contributed by atoms with E-state index in [1.165, 1.54) is 32.1 Å². The largest absolute Gasteiger partial charge is 0.493 e. The van der Waals surface area contributed by atoms with E-state index in [4.69, 9.17) is 9.47 Å². The Morgan fingerprint density at radius 2 is 1.76 bits per heavy atom. The Morgan fingerprint density at radius 3 is 2.48 bits per heavy atom. The molecule has 0 unspecified atom stereocenters. The summed E-state index contributed by atoms with van der Waals surface area (Å²) in [5.74, 6) is 2.44. The molecule has 1 fully saturated rings. The van der Waals surface area contributed by atoms with Crippen molar-refractivity contribution in [2.24, 2.45) is 0 Å². The number of nitrogens with zero attached hydrogens (tertiary/aromatic N) is 1. The molecule has 1 aromatic heterocycles. The summed E-state index contributed by atoms with van der Waals surface area (Å²) in [5.41, 5.74) is 0. The van der Waals surface area contributed by atoms with Crippen LogP contribution in [0.3, 0.4) is 0 Å². The second-order valence-electron chi connectivity index (χ2n) is 5.57. The summed E-state index contributed by atoms with van der Waals surface area (Å²) in [6.07, 6.45) is 8.27. The lowest BCUT2D eigenvalue weighted by Gasteiger charge is -2.24. The predicted molar refractivity (Wildman–Crippen MR) is 85.3 cm³/mol. The van der Waals surface area contributed by atoms with Gasteiger partial charge >= 0.3 is 0 Å². The highest BCUT2D eigenvalue weighted by Gasteiger charge is 2.16. The van der Waals surface area contributed by atoms with Crippen LogP contribution in [-0.4, -0.2) is 25.2 Å². The van der Waals surface area contributed by atoms with Crippen LogP contribution in [0.25, 0.3) is 10.8 Å². The van der Waals surface area contributed by atoms with E-state index in [1.54, 1.807) is 14.2 Å². The van der Waals surface area contributed by atoms with Crippen molar-refractivity contribution in [1.82, 2.24) is 4.98 Å². The Labute approximate surface area is 125 Å². The molecule has 1 aromatic carbocycles. The van der Waals surface area contributed by atoms with Crippen molar-refractivity contribution in [3.8, 4) is 11.5 Å². The molecule has 1 aliphatic carbocycles. The molecule has 2 aromatic rings. The second kappa shape index (κ2) is 6.20. The summed E-state index contributed by atoms with van der Waals surface area (Å²) < 4.78 is 10.8. The van der Waals surface area contributed by atoms with Gasteiger partial charge in [0.1, 0.15) is 5.82 Å². The topological polar surface area (TPSA) is 43.4 Å². The van der Waals surface area contributed by atoms with Crippen molar-refractivity contribution in [2.75, 3.05) is 19.5 Å². The Hall–Kier alpha value is -1.97. The number of benzene rings is 1. The van der Waals surface area contributed by atoms with Gasteiger partial charge in [-0.2, -0.15) is 0 Å². The van der Waals surface area contributed by atoms with E-state index < -0.39 is 0 Å². The van der Waals surface area contributed by atoms with Gasteiger partial charge in [-0.05, 0) is 36.4 Å². The van der Waals surface area contributed by atoms with Crippen molar-refractivity contribution in [1.29, 1.82) is 0 Å². The first-order valence-corrected chi connectivity index (χ1v) is 7.59. The highest BCUT2D eigenvalue weighted by atomic mass is 16.5. The maximum Gasteiger partial charge on any atom is 0.161 e. The van der Waals surface area contributed by atoms with Gasteiger partial charge in [-0.25, -0.2) is 4.98 Å². The monoisotopic (exact) mass is 286 g/mol. The number of fused-ring (bicyclic) bond motifs is 1. The molecule has 0 aliphatic heterocycles. The Bertz CT molecular complexity index is 621. The zero-order valence-corrected chi connectivity index (χ0v) is 12.7. The molecular formula is C17H22N2O2. The summed E-state index contributed by atoms with van der Waals surface area (Å²) in [6.45, 7) is 0. The Morgan fingerprint density at radius 1 is 1.05 bits per heavy atom. The molecule has 21 heavy (non-hydrogen) atoms. The van der Waals surface area contributed by atoms with E-state index >= 15 is 0 Å². The molecular weight excluding hydrogens is 264 g/mol. The third-order valence-electron chi connectivity index (χ3n) is 4.21. The fourth-order valence-corrected chi connectivity index (χ4v) is 3.05. The standard InChI is InChI=1S/C17H22N2O2/c1-20-15-10-12-8-9-18-17(14(12)11-16(15)21-2)19-13-6-4-3-5-7-13/h8-11,13H,3-7H2,1-2H3,(H,18,19). The molecule has 0 radical (unpaired) electrons. The number of aromatic nitrogens is 1. The summed E-state index contributed by atoms with van der Waals surface area (Å²) in [6, 6.07) is 6.54. The first-order chi connectivity index (χ1) is 10.3. The fraction of sp³-hybridized carbons (Fsp3) is 0.471. The van der Waals surface area contributed by atoms with E-state index in [2.05, 4.69) is 10.3 Å². The zero-order valence-electron chi connectivity index (χ0n) is 12.7. The van der Waals surface area contributed by atoms with Crippen molar-refractivity contribution in [3.63, 3.8) is 0 Å². The number of pyridine rings is 1. The van der Waals surface area contributed by atoms with Gasteiger partial charge in [-0.15, -0.1) is 0 Å². The molecule has 3 rings (SSSR count).